The van der Waals surface area contributed by atoms with Crippen LogP contribution in [0.5, 0.6) is 0 Å². The van der Waals surface area contributed by atoms with E-state index in [1.807, 2.05) is 0 Å². The Balaban J connectivity index is 1.93. The molecule has 0 aromatic carbocycles. The third-order valence-corrected chi connectivity index (χ3v) is 5.99. The Morgan fingerprint density at radius 2 is 2.04 bits per heavy atom. The first-order valence-electron chi connectivity index (χ1n) is 7.08. The van der Waals surface area contributed by atoms with Crippen molar-refractivity contribution in [1.29, 1.82) is 0 Å². The first kappa shape index (κ1) is 16.3. The van der Waals surface area contributed by atoms with Gasteiger partial charge in [0.2, 0.25) is 10.0 Å². The summed E-state index contributed by atoms with van der Waals surface area (Å²) in [6, 6.07) is 2.97. The van der Waals surface area contributed by atoms with Gasteiger partial charge in [0.15, 0.2) is 5.82 Å². The molecule has 2 aromatic rings. The lowest BCUT2D eigenvalue weighted by Gasteiger charge is -2.20. The summed E-state index contributed by atoms with van der Waals surface area (Å²) < 4.78 is 28.4. The second kappa shape index (κ2) is 5.50. The molecule has 0 unspecified atom stereocenters. The van der Waals surface area contributed by atoms with Crippen molar-refractivity contribution in [2.75, 3.05) is 0 Å². The van der Waals surface area contributed by atoms with Crippen LogP contribution in [0.1, 0.15) is 32.0 Å². The number of sulfonamides is 1. The number of H-pyrrole nitrogens is 1. The largest absolute Gasteiger partial charge is 0.292 e. The molecule has 23 heavy (non-hydrogen) atoms. The lowest BCUT2D eigenvalue weighted by atomic mass is 10.1. The monoisotopic (exact) mass is 354 g/mol. The molecule has 2 aromatic heterocycles. The summed E-state index contributed by atoms with van der Waals surface area (Å²) in [5.74, 6) is 1.85. The zero-order chi connectivity index (χ0) is 16.8. The second-order valence-electron chi connectivity index (χ2n) is 6.41. The minimum atomic E-state index is -3.64. The van der Waals surface area contributed by atoms with Gasteiger partial charge in [-0.1, -0.05) is 0 Å². The summed E-state index contributed by atoms with van der Waals surface area (Å²) in [7, 11) is -3.64. The molecule has 0 radical (unpaired) electrons. The van der Waals surface area contributed by atoms with Gasteiger partial charge in [0.1, 0.15) is 4.90 Å². The maximum atomic E-state index is 12.3. The van der Waals surface area contributed by atoms with E-state index in [4.69, 9.17) is 0 Å². The van der Waals surface area contributed by atoms with E-state index in [1.54, 1.807) is 32.5 Å². The van der Waals surface area contributed by atoms with Crippen LogP contribution in [0.2, 0.25) is 0 Å². The van der Waals surface area contributed by atoms with Crippen LogP contribution in [0, 0.1) is 0 Å². The molecule has 0 spiro atoms. The van der Waals surface area contributed by atoms with Crippen molar-refractivity contribution in [2.45, 2.75) is 42.7 Å². The zero-order valence-electron chi connectivity index (χ0n) is 13.1. The predicted octanol–water partition coefficient (Wildman–Crippen LogP) is 1.38. The van der Waals surface area contributed by atoms with Gasteiger partial charge < -0.3 is 0 Å². The van der Waals surface area contributed by atoms with Crippen molar-refractivity contribution in [2.24, 2.45) is 0 Å². The third kappa shape index (κ3) is 3.22. The molecule has 0 fully saturated rings. The number of nitrogens with zero attached hydrogens (tertiary/aromatic N) is 2. The maximum absolute atomic E-state index is 12.3. The molecular weight excluding hydrogens is 336 g/mol. The normalized spacial score (nSPS) is 14.9. The molecule has 3 rings (SSSR count). The van der Waals surface area contributed by atoms with E-state index in [9.17, 15) is 13.2 Å². The molecule has 1 aliphatic heterocycles. The van der Waals surface area contributed by atoms with Gasteiger partial charge in [-0.25, -0.2) is 22.8 Å². The van der Waals surface area contributed by atoms with Crippen LogP contribution >= 0.6 is 11.8 Å². The van der Waals surface area contributed by atoms with Crippen LogP contribution in [-0.2, 0) is 21.5 Å². The number of thioether (sulfide) groups is 1. The number of hydrogen-bond donors (Lipinski definition) is 2. The van der Waals surface area contributed by atoms with E-state index in [2.05, 4.69) is 14.8 Å². The fourth-order valence-electron chi connectivity index (χ4n) is 2.33. The number of rotatable bonds is 3. The fourth-order valence-corrected chi connectivity index (χ4v) is 4.74. The summed E-state index contributed by atoms with van der Waals surface area (Å²) in [4.78, 5) is 16.5. The Hall–Kier alpha value is -1.58. The first-order valence-corrected chi connectivity index (χ1v) is 9.72. The molecule has 0 bridgehead atoms. The van der Waals surface area contributed by atoms with E-state index in [0.717, 1.165) is 17.0 Å². The van der Waals surface area contributed by atoms with Gasteiger partial charge in [-0.05, 0) is 32.9 Å². The summed E-state index contributed by atoms with van der Waals surface area (Å²) in [6.07, 6.45) is 1.26. The van der Waals surface area contributed by atoms with E-state index < -0.39 is 15.6 Å². The highest BCUT2D eigenvalue weighted by Crippen LogP contribution is 2.26. The summed E-state index contributed by atoms with van der Waals surface area (Å²) in [5.41, 5.74) is 0.976. The van der Waals surface area contributed by atoms with Crippen molar-refractivity contribution >= 4 is 21.8 Å². The Labute approximate surface area is 138 Å². The molecular formula is C14H18N4O3S2. The van der Waals surface area contributed by atoms with Gasteiger partial charge in [0, 0.05) is 23.2 Å². The van der Waals surface area contributed by atoms with E-state index in [1.165, 1.54) is 23.0 Å². The average Bonchev–Trinajstić information content (AvgIpc) is 3.00. The van der Waals surface area contributed by atoms with Crippen molar-refractivity contribution < 1.29 is 8.42 Å². The second-order valence-corrected chi connectivity index (χ2v) is 9.08. The zero-order valence-corrected chi connectivity index (χ0v) is 14.7. The number of aromatic nitrogens is 3. The maximum Gasteiger partial charge on any atom is 0.276 e. The van der Waals surface area contributed by atoms with Gasteiger partial charge >= 0.3 is 0 Å². The smallest absolute Gasteiger partial charge is 0.276 e. The van der Waals surface area contributed by atoms with E-state index in [-0.39, 0.29) is 10.5 Å². The molecule has 0 saturated carbocycles. The van der Waals surface area contributed by atoms with Gasteiger partial charge in [0.05, 0.1) is 11.3 Å². The molecule has 9 heteroatoms. The number of nitrogens with one attached hydrogen (secondary N) is 2. The lowest BCUT2D eigenvalue weighted by Crippen LogP contribution is -2.40. The van der Waals surface area contributed by atoms with Crippen molar-refractivity contribution in [1.82, 2.24) is 19.5 Å². The van der Waals surface area contributed by atoms with Crippen LogP contribution in [0.3, 0.4) is 0 Å². The first-order chi connectivity index (χ1) is 10.7. The highest BCUT2D eigenvalue weighted by Gasteiger charge is 2.23. The molecule has 124 valence electrons. The van der Waals surface area contributed by atoms with E-state index >= 15 is 0 Å². The minimum absolute atomic E-state index is 0.0684. The van der Waals surface area contributed by atoms with Crippen LogP contribution in [0.15, 0.2) is 28.0 Å². The van der Waals surface area contributed by atoms with Gasteiger partial charge in [-0.2, -0.15) is 11.8 Å². The Morgan fingerprint density at radius 1 is 1.30 bits per heavy atom. The molecule has 1 aliphatic rings. The van der Waals surface area contributed by atoms with Crippen molar-refractivity contribution in [3.63, 3.8) is 0 Å². The van der Waals surface area contributed by atoms with E-state index in [0.29, 0.717) is 11.6 Å². The van der Waals surface area contributed by atoms with Crippen LogP contribution in [0.25, 0.3) is 5.82 Å². The molecule has 0 atom stereocenters. The number of aromatic amines is 1. The Bertz CT molecular complexity index is 890. The molecule has 3 heterocycles. The lowest BCUT2D eigenvalue weighted by molar-refractivity contribution is 0.491. The molecule has 0 amide bonds. The van der Waals surface area contributed by atoms with Crippen molar-refractivity contribution in [3.8, 4) is 5.82 Å². The SMILES string of the molecule is CC(C)(C)NS(=O)(=O)c1ccc(-n2[nH]c3c(c2=O)CSC3)nc1. The topological polar surface area (TPSA) is 96.9 Å². The van der Waals surface area contributed by atoms with Crippen LogP contribution in [0.4, 0.5) is 0 Å². The highest BCUT2D eigenvalue weighted by molar-refractivity contribution is 7.98. The quantitative estimate of drug-likeness (QED) is 0.868. The fraction of sp³-hybridized carbons (Fsp3) is 0.429. The van der Waals surface area contributed by atoms with Crippen LogP contribution < -0.4 is 10.3 Å². The van der Waals surface area contributed by atoms with Gasteiger partial charge in [-0.3, -0.25) is 9.89 Å². The van der Waals surface area contributed by atoms with Gasteiger partial charge in [-0.15, -0.1) is 0 Å². The highest BCUT2D eigenvalue weighted by atomic mass is 32.2. The Kier molecular flexibility index (Phi) is 3.89. The average molecular weight is 354 g/mol. The number of fused-ring (bicyclic) bond motifs is 1. The summed E-state index contributed by atoms with van der Waals surface area (Å²) in [5, 5.41) is 3.03. The third-order valence-electron chi connectivity index (χ3n) is 3.27. The number of pyridine rings is 1. The molecule has 2 N–H and O–H groups in total. The summed E-state index contributed by atoms with van der Waals surface area (Å²) in [6.45, 7) is 5.30. The van der Waals surface area contributed by atoms with Gasteiger partial charge in [0.25, 0.3) is 5.56 Å². The molecule has 0 saturated heterocycles. The summed E-state index contributed by atoms with van der Waals surface area (Å²) >= 11 is 1.69. The number of hydrogen-bond acceptors (Lipinski definition) is 5. The van der Waals surface area contributed by atoms with Crippen LogP contribution in [-0.4, -0.2) is 28.7 Å². The van der Waals surface area contributed by atoms with Crippen molar-refractivity contribution in [3.05, 3.63) is 39.9 Å². The minimum Gasteiger partial charge on any atom is -0.292 e. The standard InChI is InChI=1S/C14H18N4O3S2/c1-14(2,3)17-23(20,21)9-4-5-12(15-6-9)18-13(19)10-7-22-8-11(10)16-18/h4-6,16-17H,7-8H2,1-3H3. The molecule has 0 aliphatic carbocycles. The predicted molar refractivity (Wildman–Crippen MR) is 89.3 cm³/mol. The molecule has 7 nitrogen and oxygen atoms in total. The Morgan fingerprint density at radius 3 is 2.61 bits per heavy atom.